The second kappa shape index (κ2) is 7.82. The standard InChI is InChI=1S/C20H26N4O3/c1-13-16(14(2)23(3)22-13)9-10-19(25)21-15-11-20(26)24(12-15)17-7-5-6-8-18(17)27-4/h5-8,15H,9-12H2,1-4H3,(H,21,25). The molecular formula is C20H26N4O3. The number of methoxy groups -OCH3 is 1. The average Bonchev–Trinajstić information content (AvgIpc) is 3.12. The summed E-state index contributed by atoms with van der Waals surface area (Å²) in [5.74, 6) is 0.599. The maximum Gasteiger partial charge on any atom is 0.229 e. The van der Waals surface area contributed by atoms with Gasteiger partial charge in [-0.3, -0.25) is 14.3 Å². The first-order valence-corrected chi connectivity index (χ1v) is 9.12. The van der Waals surface area contributed by atoms with E-state index in [1.807, 2.05) is 49.8 Å². The zero-order chi connectivity index (χ0) is 19.6. The van der Waals surface area contributed by atoms with E-state index in [1.165, 1.54) is 0 Å². The van der Waals surface area contributed by atoms with Crippen LogP contribution in [0.3, 0.4) is 0 Å². The molecule has 0 bridgehead atoms. The number of carbonyl (C=O) groups excluding carboxylic acids is 2. The molecule has 7 heteroatoms. The van der Waals surface area contributed by atoms with Crippen LogP contribution in [0.25, 0.3) is 0 Å². The van der Waals surface area contributed by atoms with Crippen LogP contribution in [0, 0.1) is 13.8 Å². The van der Waals surface area contributed by atoms with Crippen LogP contribution in [-0.4, -0.2) is 41.3 Å². The van der Waals surface area contributed by atoms with Crippen molar-refractivity contribution in [1.82, 2.24) is 15.1 Å². The second-order valence-electron chi connectivity index (χ2n) is 6.92. The molecule has 1 aromatic heterocycles. The van der Waals surface area contributed by atoms with Crippen LogP contribution in [0.15, 0.2) is 24.3 Å². The summed E-state index contributed by atoms with van der Waals surface area (Å²) < 4.78 is 7.18. The highest BCUT2D eigenvalue weighted by molar-refractivity contribution is 5.98. The third kappa shape index (κ3) is 3.97. The third-order valence-electron chi connectivity index (χ3n) is 5.13. The van der Waals surface area contributed by atoms with Crippen LogP contribution in [0.1, 0.15) is 29.8 Å². The van der Waals surface area contributed by atoms with Gasteiger partial charge in [0.05, 0.1) is 24.5 Å². The van der Waals surface area contributed by atoms with E-state index in [9.17, 15) is 9.59 Å². The Balaban J connectivity index is 1.59. The van der Waals surface area contributed by atoms with Gasteiger partial charge >= 0.3 is 0 Å². The summed E-state index contributed by atoms with van der Waals surface area (Å²) in [6, 6.07) is 7.23. The average molecular weight is 370 g/mol. The molecule has 1 N–H and O–H groups in total. The van der Waals surface area contributed by atoms with Crippen molar-refractivity contribution in [3.8, 4) is 5.75 Å². The Morgan fingerprint density at radius 1 is 1.33 bits per heavy atom. The summed E-state index contributed by atoms with van der Waals surface area (Å²) in [6.45, 7) is 4.42. The molecule has 144 valence electrons. The highest BCUT2D eigenvalue weighted by Crippen LogP contribution is 2.31. The van der Waals surface area contributed by atoms with Crippen LogP contribution in [-0.2, 0) is 23.1 Å². The first-order chi connectivity index (χ1) is 12.9. The monoisotopic (exact) mass is 370 g/mol. The molecule has 1 unspecified atom stereocenters. The maximum absolute atomic E-state index is 12.4. The molecule has 2 aromatic rings. The first-order valence-electron chi connectivity index (χ1n) is 9.12. The number of ether oxygens (including phenoxy) is 1. The van der Waals surface area contributed by atoms with Gasteiger partial charge in [-0.05, 0) is 38.0 Å². The number of carbonyl (C=O) groups is 2. The number of hydrogen-bond acceptors (Lipinski definition) is 4. The molecule has 1 aliphatic rings. The molecule has 0 spiro atoms. The smallest absolute Gasteiger partial charge is 0.229 e. The molecule has 2 heterocycles. The number of amides is 2. The van der Waals surface area contributed by atoms with E-state index >= 15 is 0 Å². The summed E-state index contributed by atoms with van der Waals surface area (Å²) in [5, 5.41) is 7.38. The lowest BCUT2D eigenvalue weighted by Gasteiger charge is -2.19. The van der Waals surface area contributed by atoms with Crippen molar-refractivity contribution in [2.24, 2.45) is 7.05 Å². The number of para-hydroxylation sites is 2. The van der Waals surface area contributed by atoms with E-state index in [-0.39, 0.29) is 17.9 Å². The topological polar surface area (TPSA) is 76.5 Å². The zero-order valence-corrected chi connectivity index (χ0v) is 16.3. The van der Waals surface area contributed by atoms with Crippen molar-refractivity contribution >= 4 is 17.5 Å². The van der Waals surface area contributed by atoms with Gasteiger partial charge in [0.1, 0.15) is 5.75 Å². The van der Waals surface area contributed by atoms with Gasteiger partial charge in [0.15, 0.2) is 0 Å². The first kappa shape index (κ1) is 18.9. The number of aryl methyl sites for hydroxylation is 2. The fourth-order valence-electron chi connectivity index (χ4n) is 3.61. The van der Waals surface area contributed by atoms with Crippen molar-refractivity contribution in [1.29, 1.82) is 0 Å². The second-order valence-corrected chi connectivity index (χ2v) is 6.92. The van der Waals surface area contributed by atoms with Crippen LogP contribution in [0.4, 0.5) is 5.69 Å². The Kier molecular flexibility index (Phi) is 5.48. The Morgan fingerprint density at radius 3 is 2.74 bits per heavy atom. The Labute approximate surface area is 159 Å². The predicted octanol–water partition coefficient (Wildman–Crippen LogP) is 1.90. The molecule has 1 atom stereocenters. The Hall–Kier alpha value is -2.83. The van der Waals surface area contributed by atoms with Crippen LogP contribution >= 0.6 is 0 Å². The summed E-state index contributed by atoms with van der Waals surface area (Å²) in [4.78, 5) is 26.5. The van der Waals surface area contributed by atoms with Crippen molar-refractivity contribution in [3.63, 3.8) is 0 Å². The number of nitrogens with one attached hydrogen (secondary N) is 1. The molecule has 0 aliphatic carbocycles. The van der Waals surface area contributed by atoms with Gasteiger partial charge in [0.2, 0.25) is 11.8 Å². The third-order valence-corrected chi connectivity index (χ3v) is 5.13. The minimum Gasteiger partial charge on any atom is -0.495 e. The molecule has 1 aromatic carbocycles. The van der Waals surface area contributed by atoms with Crippen LogP contribution in [0.2, 0.25) is 0 Å². The van der Waals surface area contributed by atoms with Crippen molar-refractivity contribution in [2.45, 2.75) is 39.2 Å². The molecule has 0 saturated carbocycles. The van der Waals surface area contributed by atoms with E-state index in [2.05, 4.69) is 10.4 Å². The Bertz CT molecular complexity index is 859. The highest BCUT2D eigenvalue weighted by atomic mass is 16.5. The summed E-state index contributed by atoms with van der Waals surface area (Å²) >= 11 is 0. The summed E-state index contributed by atoms with van der Waals surface area (Å²) in [5.41, 5.74) is 3.90. The molecule has 3 rings (SSSR count). The molecule has 1 saturated heterocycles. The maximum atomic E-state index is 12.4. The van der Waals surface area contributed by atoms with Gasteiger partial charge in [-0.25, -0.2) is 0 Å². The van der Waals surface area contributed by atoms with Gasteiger partial charge in [0, 0.05) is 32.1 Å². The van der Waals surface area contributed by atoms with E-state index in [4.69, 9.17) is 4.74 Å². The van der Waals surface area contributed by atoms with Gasteiger partial charge < -0.3 is 15.0 Å². The van der Waals surface area contributed by atoms with Crippen molar-refractivity contribution < 1.29 is 14.3 Å². The van der Waals surface area contributed by atoms with Crippen LogP contribution < -0.4 is 15.0 Å². The summed E-state index contributed by atoms with van der Waals surface area (Å²) in [7, 11) is 3.49. The lowest BCUT2D eigenvalue weighted by atomic mass is 10.1. The predicted molar refractivity (Wildman–Crippen MR) is 103 cm³/mol. The molecule has 0 radical (unpaired) electrons. The number of rotatable bonds is 6. The van der Waals surface area contributed by atoms with Crippen LogP contribution in [0.5, 0.6) is 5.75 Å². The van der Waals surface area contributed by atoms with Gasteiger partial charge in [-0.15, -0.1) is 0 Å². The quantitative estimate of drug-likeness (QED) is 0.843. The molecule has 1 aliphatic heterocycles. The van der Waals surface area contributed by atoms with Gasteiger partial charge in [0.25, 0.3) is 0 Å². The fraction of sp³-hybridized carbons (Fsp3) is 0.450. The lowest BCUT2D eigenvalue weighted by molar-refractivity contribution is -0.121. The minimum absolute atomic E-state index is 0.0104. The Morgan fingerprint density at radius 2 is 2.07 bits per heavy atom. The number of benzene rings is 1. The van der Waals surface area contributed by atoms with Gasteiger partial charge in [-0.1, -0.05) is 12.1 Å². The van der Waals surface area contributed by atoms with E-state index in [0.29, 0.717) is 31.6 Å². The van der Waals surface area contributed by atoms with E-state index < -0.39 is 0 Å². The number of anilines is 1. The lowest BCUT2D eigenvalue weighted by Crippen LogP contribution is -2.37. The largest absolute Gasteiger partial charge is 0.495 e. The van der Waals surface area contributed by atoms with E-state index in [1.54, 1.807) is 12.0 Å². The minimum atomic E-state index is -0.189. The summed E-state index contributed by atoms with van der Waals surface area (Å²) in [6.07, 6.45) is 1.33. The zero-order valence-electron chi connectivity index (χ0n) is 16.3. The number of aromatic nitrogens is 2. The molecule has 1 fully saturated rings. The molecular weight excluding hydrogens is 344 g/mol. The van der Waals surface area contributed by atoms with Crippen molar-refractivity contribution in [3.05, 3.63) is 41.2 Å². The molecule has 27 heavy (non-hydrogen) atoms. The van der Waals surface area contributed by atoms with E-state index in [0.717, 1.165) is 22.6 Å². The van der Waals surface area contributed by atoms with Crippen molar-refractivity contribution in [2.75, 3.05) is 18.6 Å². The number of nitrogens with zero attached hydrogens (tertiary/aromatic N) is 3. The molecule has 2 amide bonds. The molecule has 7 nitrogen and oxygen atoms in total. The SMILES string of the molecule is COc1ccccc1N1CC(NC(=O)CCc2c(C)nn(C)c2C)CC1=O. The normalized spacial score (nSPS) is 16.7. The highest BCUT2D eigenvalue weighted by Gasteiger charge is 2.32. The fourth-order valence-corrected chi connectivity index (χ4v) is 3.61. The number of hydrogen-bond donors (Lipinski definition) is 1. The van der Waals surface area contributed by atoms with Gasteiger partial charge in [-0.2, -0.15) is 5.10 Å².